The maximum absolute atomic E-state index is 13.8. The van der Waals surface area contributed by atoms with Gasteiger partial charge < -0.3 is 24.4 Å². The van der Waals surface area contributed by atoms with Gasteiger partial charge >= 0.3 is 0 Å². The van der Waals surface area contributed by atoms with E-state index in [0.717, 1.165) is 29.0 Å². The van der Waals surface area contributed by atoms with Gasteiger partial charge in [0.05, 0.1) is 19.1 Å². The van der Waals surface area contributed by atoms with E-state index in [-0.39, 0.29) is 24.9 Å². The van der Waals surface area contributed by atoms with Crippen LogP contribution in [0, 0.1) is 0 Å². The number of carbonyl (C=O) groups excluding carboxylic acids is 2. The number of ether oxygens (including phenoxy) is 3. The third-order valence-electron chi connectivity index (χ3n) is 6.03. The maximum atomic E-state index is 13.8. The van der Waals surface area contributed by atoms with Crippen LogP contribution in [0.1, 0.15) is 38.7 Å². The SMILES string of the molecule is CCCCNC(=O)C(CC)N(Cc1cccc(OC)c1)C(=O)CN(c1ccc2c(c1)OCO2)S(C)(=O)=O. The van der Waals surface area contributed by atoms with E-state index in [1.165, 1.54) is 11.0 Å². The highest BCUT2D eigenvalue weighted by Gasteiger charge is 2.32. The summed E-state index contributed by atoms with van der Waals surface area (Å²) in [5.41, 5.74) is 1.02. The summed E-state index contributed by atoms with van der Waals surface area (Å²) in [6.07, 6.45) is 3.13. The number of hydrogen-bond acceptors (Lipinski definition) is 7. The number of rotatable bonds is 13. The Morgan fingerprint density at radius 1 is 1.11 bits per heavy atom. The molecule has 1 N–H and O–H groups in total. The number of anilines is 1. The Balaban J connectivity index is 1.93. The van der Waals surface area contributed by atoms with E-state index in [2.05, 4.69) is 5.32 Å². The van der Waals surface area contributed by atoms with E-state index in [4.69, 9.17) is 14.2 Å². The molecule has 0 saturated heterocycles. The molecule has 0 saturated carbocycles. The standard InChI is InChI=1S/C26H35N3O7S/c1-5-7-13-27-26(31)22(6-2)28(16-19-9-8-10-21(14-19)34-3)25(30)17-29(37(4,32)33)20-11-12-23-24(15-20)36-18-35-23/h8-12,14-15,22H,5-7,13,16-18H2,1-4H3,(H,27,31). The first kappa shape index (κ1) is 28.1. The molecule has 0 aliphatic carbocycles. The molecule has 37 heavy (non-hydrogen) atoms. The predicted molar refractivity (Wildman–Crippen MR) is 140 cm³/mol. The second-order valence-corrected chi connectivity index (χ2v) is 10.7. The van der Waals surface area contributed by atoms with Crippen molar-refractivity contribution in [1.29, 1.82) is 0 Å². The number of nitrogens with one attached hydrogen (secondary N) is 1. The normalized spacial score (nSPS) is 13.1. The number of amides is 2. The summed E-state index contributed by atoms with van der Waals surface area (Å²) in [7, 11) is -2.30. The van der Waals surface area contributed by atoms with E-state index in [9.17, 15) is 18.0 Å². The molecular weight excluding hydrogens is 498 g/mol. The first-order valence-corrected chi connectivity index (χ1v) is 14.1. The average molecular weight is 534 g/mol. The molecule has 202 valence electrons. The fraction of sp³-hybridized carbons (Fsp3) is 0.462. The predicted octanol–water partition coefficient (Wildman–Crippen LogP) is 2.91. The van der Waals surface area contributed by atoms with Gasteiger partial charge in [0.1, 0.15) is 18.3 Å². The van der Waals surface area contributed by atoms with Crippen molar-refractivity contribution in [3.05, 3.63) is 48.0 Å². The molecule has 2 aromatic rings. The van der Waals surface area contributed by atoms with Crippen LogP contribution in [0.4, 0.5) is 5.69 Å². The Hall–Kier alpha value is -3.47. The molecule has 2 amide bonds. The van der Waals surface area contributed by atoms with Gasteiger partial charge in [-0.1, -0.05) is 32.4 Å². The lowest BCUT2D eigenvalue weighted by atomic mass is 10.1. The number of carbonyl (C=O) groups is 2. The zero-order chi connectivity index (χ0) is 27.0. The number of sulfonamides is 1. The van der Waals surface area contributed by atoms with Gasteiger partial charge in [0.25, 0.3) is 0 Å². The summed E-state index contributed by atoms with van der Waals surface area (Å²) >= 11 is 0. The van der Waals surface area contributed by atoms with Gasteiger partial charge in [0.15, 0.2) is 11.5 Å². The van der Waals surface area contributed by atoms with Crippen LogP contribution in [0.25, 0.3) is 0 Å². The van der Waals surface area contributed by atoms with Crippen LogP contribution in [0.15, 0.2) is 42.5 Å². The zero-order valence-corrected chi connectivity index (χ0v) is 22.5. The van der Waals surface area contributed by atoms with Crippen molar-refractivity contribution in [3.8, 4) is 17.2 Å². The summed E-state index contributed by atoms with van der Waals surface area (Å²) in [5, 5.41) is 2.90. The fourth-order valence-electron chi connectivity index (χ4n) is 4.05. The minimum Gasteiger partial charge on any atom is -0.497 e. The molecule has 1 unspecified atom stereocenters. The topological polar surface area (TPSA) is 114 Å². The molecule has 0 aromatic heterocycles. The quantitative estimate of drug-likeness (QED) is 0.394. The van der Waals surface area contributed by atoms with Crippen LogP contribution in [0.2, 0.25) is 0 Å². The van der Waals surface area contributed by atoms with E-state index < -0.39 is 28.5 Å². The summed E-state index contributed by atoms with van der Waals surface area (Å²) in [6, 6.07) is 11.1. The van der Waals surface area contributed by atoms with Crippen molar-refractivity contribution in [2.75, 3.05) is 37.6 Å². The summed E-state index contributed by atoms with van der Waals surface area (Å²) in [5.74, 6) is 0.722. The number of benzene rings is 2. The molecule has 0 bridgehead atoms. The Morgan fingerprint density at radius 3 is 2.54 bits per heavy atom. The monoisotopic (exact) mass is 533 g/mol. The van der Waals surface area contributed by atoms with Crippen LogP contribution in [0.5, 0.6) is 17.2 Å². The minimum absolute atomic E-state index is 0.0379. The maximum Gasteiger partial charge on any atom is 0.244 e. The molecule has 2 aromatic carbocycles. The lowest BCUT2D eigenvalue weighted by molar-refractivity contribution is -0.140. The minimum atomic E-state index is -3.85. The Kier molecular flexibility index (Phi) is 9.62. The van der Waals surface area contributed by atoms with Crippen LogP contribution >= 0.6 is 0 Å². The number of hydrogen-bond donors (Lipinski definition) is 1. The van der Waals surface area contributed by atoms with Crippen LogP contribution < -0.4 is 23.8 Å². The van der Waals surface area contributed by atoms with Crippen molar-refractivity contribution in [2.45, 2.75) is 45.7 Å². The highest BCUT2D eigenvalue weighted by Crippen LogP contribution is 2.36. The first-order valence-electron chi connectivity index (χ1n) is 12.2. The molecule has 11 heteroatoms. The third kappa shape index (κ3) is 7.28. The summed E-state index contributed by atoms with van der Waals surface area (Å²) in [6.45, 7) is 4.01. The molecular formula is C26H35N3O7S. The molecule has 1 aliphatic rings. The molecule has 0 radical (unpaired) electrons. The third-order valence-corrected chi connectivity index (χ3v) is 7.17. The van der Waals surface area contributed by atoms with Crippen LogP contribution in [-0.4, -0.2) is 64.4 Å². The van der Waals surface area contributed by atoms with E-state index >= 15 is 0 Å². The van der Waals surface area contributed by atoms with Crippen molar-refractivity contribution < 1.29 is 32.2 Å². The number of methoxy groups -OCH3 is 1. The second kappa shape index (κ2) is 12.7. The number of fused-ring (bicyclic) bond motifs is 1. The van der Waals surface area contributed by atoms with Crippen molar-refractivity contribution in [1.82, 2.24) is 10.2 Å². The van der Waals surface area contributed by atoms with Crippen LogP contribution in [0.3, 0.4) is 0 Å². The highest BCUT2D eigenvalue weighted by molar-refractivity contribution is 7.92. The van der Waals surface area contributed by atoms with Gasteiger partial charge in [-0.05, 0) is 42.7 Å². The van der Waals surface area contributed by atoms with E-state index in [0.29, 0.717) is 30.2 Å². The fourth-order valence-corrected chi connectivity index (χ4v) is 4.89. The van der Waals surface area contributed by atoms with E-state index in [1.807, 2.05) is 19.9 Å². The number of unbranched alkanes of at least 4 members (excludes halogenated alkanes) is 1. The van der Waals surface area contributed by atoms with Gasteiger partial charge in [-0.2, -0.15) is 0 Å². The first-order chi connectivity index (χ1) is 17.7. The molecule has 3 rings (SSSR count). The van der Waals surface area contributed by atoms with Crippen molar-refractivity contribution >= 4 is 27.5 Å². The lowest BCUT2D eigenvalue weighted by Gasteiger charge is -2.33. The zero-order valence-electron chi connectivity index (χ0n) is 21.7. The van der Waals surface area contributed by atoms with Crippen LogP contribution in [-0.2, 0) is 26.2 Å². The second-order valence-electron chi connectivity index (χ2n) is 8.75. The molecule has 0 spiro atoms. The largest absolute Gasteiger partial charge is 0.497 e. The highest BCUT2D eigenvalue weighted by atomic mass is 32.2. The Morgan fingerprint density at radius 2 is 1.86 bits per heavy atom. The smallest absolute Gasteiger partial charge is 0.244 e. The Bertz CT molecular complexity index is 1200. The Labute approximate surface area is 218 Å². The van der Waals surface area contributed by atoms with Gasteiger partial charge in [-0.3, -0.25) is 13.9 Å². The van der Waals surface area contributed by atoms with Crippen molar-refractivity contribution in [3.63, 3.8) is 0 Å². The van der Waals surface area contributed by atoms with Gasteiger partial charge in [-0.15, -0.1) is 0 Å². The summed E-state index contributed by atoms with van der Waals surface area (Å²) in [4.78, 5) is 28.3. The van der Waals surface area contributed by atoms with Gasteiger partial charge in [0.2, 0.25) is 28.6 Å². The lowest BCUT2D eigenvalue weighted by Crippen LogP contribution is -2.52. The molecule has 1 aliphatic heterocycles. The van der Waals surface area contributed by atoms with Crippen molar-refractivity contribution in [2.24, 2.45) is 0 Å². The molecule has 10 nitrogen and oxygen atoms in total. The van der Waals surface area contributed by atoms with Gasteiger partial charge in [0, 0.05) is 19.2 Å². The van der Waals surface area contributed by atoms with Gasteiger partial charge in [-0.25, -0.2) is 8.42 Å². The average Bonchev–Trinajstić information content (AvgIpc) is 3.34. The molecule has 1 atom stereocenters. The summed E-state index contributed by atoms with van der Waals surface area (Å²) < 4.78 is 42.6. The van der Waals surface area contributed by atoms with E-state index in [1.54, 1.807) is 37.4 Å². The number of nitrogens with zero attached hydrogens (tertiary/aromatic N) is 2. The molecule has 1 heterocycles. The molecule has 0 fully saturated rings.